The van der Waals surface area contributed by atoms with Gasteiger partial charge in [-0.1, -0.05) is 12.1 Å². The topological polar surface area (TPSA) is 76.6 Å². The Labute approximate surface area is 193 Å². The van der Waals surface area contributed by atoms with E-state index in [4.69, 9.17) is 19.4 Å². The van der Waals surface area contributed by atoms with E-state index in [0.29, 0.717) is 23.9 Å². The zero-order valence-corrected chi connectivity index (χ0v) is 19.2. The first-order valence-electron chi connectivity index (χ1n) is 10.3. The number of aromatic nitrogens is 2. The molecule has 164 valence electrons. The van der Waals surface area contributed by atoms with Gasteiger partial charge in [-0.25, -0.2) is 4.98 Å². The second-order valence-electron chi connectivity index (χ2n) is 7.45. The van der Waals surface area contributed by atoms with Crippen LogP contribution in [-0.2, 0) is 16.1 Å². The van der Waals surface area contributed by atoms with Gasteiger partial charge in [0.15, 0.2) is 0 Å². The van der Waals surface area contributed by atoms with E-state index in [0.717, 1.165) is 52.8 Å². The van der Waals surface area contributed by atoms with Crippen LogP contribution in [0.2, 0.25) is 0 Å². The number of morpholine rings is 1. The molecule has 0 spiro atoms. The molecular weight excluding hydrogens is 444 g/mol. The van der Waals surface area contributed by atoms with E-state index in [-0.39, 0.29) is 5.91 Å². The maximum atomic E-state index is 11.4. The van der Waals surface area contributed by atoms with Crippen LogP contribution in [0.15, 0.2) is 47.2 Å². The Morgan fingerprint density at radius 3 is 2.84 bits per heavy atom. The van der Waals surface area contributed by atoms with Gasteiger partial charge in [0.25, 0.3) is 0 Å². The summed E-state index contributed by atoms with van der Waals surface area (Å²) in [5, 5.41) is 7.88. The molecule has 4 aromatic rings. The molecule has 7 nitrogen and oxygen atoms in total. The molecule has 0 saturated carbocycles. The Bertz CT molecular complexity index is 1230. The number of thiophene rings is 2. The van der Waals surface area contributed by atoms with Crippen molar-refractivity contribution in [2.24, 2.45) is 0 Å². The number of rotatable bonds is 6. The van der Waals surface area contributed by atoms with Crippen LogP contribution in [0.5, 0.6) is 11.6 Å². The second-order valence-corrected chi connectivity index (χ2v) is 9.26. The van der Waals surface area contributed by atoms with Gasteiger partial charge in [0.1, 0.15) is 16.4 Å². The van der Waals surface area contributed by atoms with Gasteiger partial charge in [-0.15, -0.1) is 22.7 Å². The van der Waals surface area contributed by atoms with Gasteiger partial charge < -0.3 is 14.8 Å². The van der Waals surface area contributed by atoms with Gasteiger partial charge in [-0.3, -0.25) is 9.69 Å². The Hall–Kier alpha value is -2.85. The van der Waals surface area contributed by atoms with Crippen molar-refractivity contribution in [3.8, 4) is 22.1 Å². The van der Waals surface area contributed by atoms with Crippen LogP contribution in [0.4, 0.5) is 5.69 Å². The summed E-state index contributed by atoms with van der Waals surface area (Å²) in [6.45, 7) is 5.31. The van der Waals surface area contributed by atoms with Gasteiger partial charge in [-0.2, -0.15) is 4.98 Å². The Morgan fingerprint density at radius 2 is 2.06 bits per heavy atom. The van der Waals surface area contributed by atoms with Crippen molar-refractivity contribution in [2.75, 3.05) is 31.6 Å². The smallest absolute Gasteiger partial charge is 0.232 e. The summed E-state index contributed by atoms with van der Waals surface area (Å²) >= 11 is 3.28. The molecule has 1 aromatic carbocycles. The monoisotopic (exact) mass is 466 g/mol. The van der Waals surface area contributed by atoms with Gasteiger partial charge in [0.05, 0.1) is 25.1 Å². The number of carbonyl (C=O) groups excluding carboxylic acids is 1. The predicted molar refractivity (Wildman–Crippen MR) is 128 cm³/mol. The van der Waals surface area contributed by atoms with Gasteiger partial charge >= 0.3 is 0 Å². The average molecular weight is 467 g/mol. The number of hydrogen-bond acceptors (Lipinski definition) is 8. The molecule has 0 aliphatic carbocycles. The maximum Gasteiger partial charge on any atom is 0.232 e. The third-order valence-electron chi connectivity index (χ3n) is 5.07. The molecule has 0 atom stereocenters. The average Bonchev–Trinajstić information content (AvgIpc) is 3.44. The van der Waals surface area contributed by atoms with Crippen LogP contribution in [0, 0.1) is 0 Å². The number of hydrogen-bond donors (Lipinski definition) is 1. The summed E-state index contributed by atoms with van der Waals surface area (Å²) in [6, 6.07) is 11.5. The number of amides is 1. The molecule has 1 aliphatic rings. The summed E-state index contributed by atoms with van der Waals surface area (Å²) in [6.07, 6.45) is 0. The molecule has 1 aliphatic heterocycles. The maximum absolute atomic E-state index is 11.4. The summed E-state index contributed by atoms with van der Waals surface area (Å²) in [5.41, 5.74) is 1.75. The van der Waals surface area contributed by atoms with Gasteiger partial charge in [0.2, 0.25) is 11.8 Å². The van der Waals surface area contributed by atoms with Crippen molar-refractivity contribution in [3.63, 3.8) is 0 Å². The minimum absolute atomic E-state index is 0.128. The summed E-state index contributed by atoms with van der Waals surface area (Å²) < 4.78 is 11.8. The van der Waals surface area contributed by atoms with Gasteiger partial charge in [-0.05, 0) is 23.6 Å². The van der Waals surface area contributed by atoms with Crippen LogP contribution in [0.3, 0.4) is 0 Å². The Morgan fingerprint density at radius 1 is 1.19 bits per heavy atom. The van der Waals surface area contributed by atoms with Crippen LogP contribution in [0.25, 0.3) is 20.7 Å². The first kappa shape index (κ1) is 21.0. The minimum atomic E-state index is -0.128. The molecular formula is C23H22N4O3S2. The molecule has 1 saturated heterocycles. The first-order valence-corrected chi connectivity index (χ1v) is 12.1. The summed E-state index contributed by atoms with van der Waals surface area (Å²) in [7, 11) is 0. The van der Waals surface area contributed by atoms with E-state index in [2.05, 4.69) is 27.0 Å². The highest BCUT2D eigenvalue weighted by molar-refractivity contribution is 7.18. The van der Waals surface area contributed by atoms with Crippen LogP contribution >= 0.6 is 22.7 Å². The molecule has 1 amide bonds. The molecule has 32 heavy (non-hydrogen) atoms. The van der Waals surface area contributed by atoms with Crippen LogP contribution in [0.1, 0.15) is 12.7 Å². The summed E-state index contributed by atoms with van der Waals surface area (Å²) in [5.74, 6) is 1.74. The quantitative estimate of drug-likeness (QED) is 0.431. The molecule has 0 radical (unpaired) electrons. The first-order chi connectivity index (χ1) is 15.7. The molecule has 1 N–H and O–H groups in total. The fraction of sp³-hybridized carbons (Fsp3) is 0.261. The Balaban J connectivity index is 1.54. The van der Waals surface area contributed by atoms with E-state index in [1.54, 1.807) is 28.7 Å². The standard InChI is InChI=1S/C23H22N4O3S2/c1-15(28)24-16-4-2-5-17(12-16)30-22-21-18(19-6-3-11-31-19)14-32-23(21)26-20(25-22)13-27-7-9-29-10-8-27/h2-6,11-12,14H,7-10,13H2,1H3,(H,24,28). The van der Waals surface area contributed by atoms with E-state index in [1.807, 2.05) is 24.3 Å². The molecule has 1 fully saturated rings. The number of nitrogens with zero attached hydrogens (tertiary/aromatic N) is 3. The highest BCUT2D eigenvalue weighted by Crippen LogP contribution is 2.41. The zero-order valence-electron chi connectivity index (χ0n) is 17.5. The largest absolute Gasteiger partial charge is 0.438 e. The Kier molecular flexibility index (Phi) is 6.13. The van der Waals surface area contributed by atoms with Crippen molar-refractivity contribution in [1.29, 1.82) is 0 Å². The zero-order chi connectivity index (χ0) is 21.9. The highest BCUT2D eigenvalue weighted by atomic mass is 32.1. The molecule has 3 aromatic heterocycles. The van der Waals surface area contributed by atoms with Crippen LogP contribution < -0.4 is 10.1 Å². The molecule has 4 heterocycles. The molecule has 0 bridgehead atoms. The lowest BCUT2D eigenvalue weighted by Crippen LogP contribution is -2.36. The van der Waals surface area contributed by atoms with Crippen molar-refractivity contribution >= 4 is 44.5 Å². The normalized spacial score (nSPS) is 14.5. The third kappa shape index (κ3) is 4.66. The highest BCUT2D eigenvalue weighted by Gasteiger charge is 2.20. The molecule has 9 heteroatoms. The van der Waals surface area contributed by atoms with E-state index in [9.17, 15) is 4.79 Å². The summed E-state index contributed by atoms with van der Waals surface area (Å²) in [4.78, 5) is 25.5. The second kappa shape index (κ2) is 9.33. The van der Waals surface area contributed by atoms with E-state index in [1.165, 1.54) is 6.92 Å². The number of carbonyl (C=O) groups is 1. The van der Waals surface area contributed by atoms with E-state index >= 15 is 0 Å². The number of ether oxygens (including phenoxy) is 2. The van der Waals surface area contributed by atoms with Crippen molar-refractivity contribution in [2.45, 2.75) is 13.5 Å². The fourth-order valence-corrected chi connectivity index (χ4v) is 5.39. The fourth-order valence-electron chi connectivity index (χ4n) is 3.62. The molecule has 5 rings (SSSR count). The number of fused-ring (bicyclic) bond motifs is 1. The van der Waals surface area contributed by atoms with Crippen LogP contribution in [-0.4, -0.2) is 47.1 Å². The van der Waals surface area contributed by atoms with Gasteiger partial charge in [0, 0.05) is 47.6 Å². The lowest BCUT2D eigenvalue weighted by Gasteiger charge is -2.25. The van der Waals surface area contributed by atoms with Crippen molar-refractivity contribution in [3.05, 3.63) is 53.0 Å². The van der Waals surface area contributed by atoms with Crippen molar-refractivity contribution < 1.29 is 14.3 Å². The molecule has 0 unspecified atom stereocenters. The third-order valence-corrected chi connectivity index (χ3v) is 6.85. The number of anilines is 1. The minimum Gasteiger partial charge on any atom is -0.438 e. The van der Waals surface area contributed by atoms with E-state index < -0.39 is 0 Å². The SMILES string of the molecule is CC(=O)Nc1cccc(Oc2nc(CN3CCOCC3)nc3scc(-c4cccs4)c23)c1. The predicted octanol–water partition coefficient (Wildman–Crippen LogP) is 5.00. The lowest BCUT2D eigenvalue weighted by atomic mass is 10.2. The number of nitrogens with one attached hydrogen (secondary N) is 1. The lowest BCUT2D eigenvalue weighted by molar-refractivity contribution is -0.114. The number of benzene rings is 1. The van der Waals surface area contributed by atoms with Crippen molar-refractivity contribution in [1.82, 2.24) is 14.9 Å².